The van der Waals surface area contributed by atoms with E-state index in [1.165, 1.54) is 32.1 Å². The molecule has 0 bridgehead atoms. The second-order valence-electron chi connectivity index (χ2n) is 5.45. The lowest BCUT2D eigenvalue weighted by molar-refractivity contribution is -0.385. The molecule has 1 N–H and O–H groups in total. The molecule has 1 aromatic rings. The summed E-state index contributed by atoms with van der Waals surface area (Å²) in [5, 5.41) is 13.8. The van der Waals surface area contributed by atoms with E-state index in [1.807, 2.05) is 0 Å². The SMILES string of the molecule is COc1ccc([N+](=O)[O-])c(C)c1NC(=O)CC1CCCC1. The maximum Gasteiger partial charge on any atom is 0.274 e. The molecule has 0 radical (unpaired) electrons. The van der Waals surface area contributed by atoms with Gasteiger partial charge in [0, 0.05) is 12.5 Å². The number of carbonyl (C=O) groups is 1. The summed E-state index contributed by atoms with van der Waals surface area (Å²) in [6.07, 6.45) is 4.98. The summed E-state index contributed by atoms with van der Waals surface area (Å²) in [6, 6.07) is 2.90. The molecule has 0 spiro atoms. The first kappa shape index (κ1) is 15.3. The van der Waals surface area contributed by atoms with E-state index in [0.717, 1.165) is 12.8 Å². The number of nitro groups is 1. The minimum absolute atomic E-state index is 0.0213. The average Bonchev–Trinajstić information content (AvgIpc) is 2.93. The Hall–Kier alpha value is -2.11. The van der Waals surface area contributed by atoms with Crippen molar-refractivity contribution >= 4 is 17.3 Å². The Morgan fingerprint density at radius 1 is 1.43 bits per heavy atom. The number of hydrogen-bond acceptors (Lipinski definition) is 4. The highest BCUT2D eigenvalue weighted by molar-refractivity contribution is 5.94. The van der Waals surface area contributed by atoms with Crippen LogP contribution in [-0.2, 0) is 4.79 Å². The van der Waals surface area contributed by atoms with Crippen LogP contribution in [0.25, 0.3) is 0 Å². The first-order valence-electron chi connectivity index (χ1n) is 7.14. The second-order valence-corrected chi connectivity index (χ2v) is 5.45. The monoisotopic (exact) mass is 292 g/mol. The van der Waals surface area contributed by atoms with Crippen LogP contribution in [0.2, 0.25) is 0 Å². The van der Waals surface area contributed by atoms with Gasteiger partial charge in [-0.05, 0) is 31.7 Å². The molecule has 1 aromatic carbocycles. The predicted octanol–water partition coefficient (Wildman–Crippen LogP) is 3.43. The van der Waals surface area contributed by atoms with E-state index in [-0.39, 0.29) is 11.6 Å². The molecule has 1 amide bonds. The summed E-state index contributed by atoms with van der Waals surface area (Å²) >= 11 is 0. The number of nitrogens with zero attached hydrogens (tertiary/aromatic N) is 1. The van der Waals surface area contributed by atoms with E-state index in [1.54, 1.807) is 6.92 Å². The minimum Gasteiger partial charge on any atom is -0.495 e. The van der Waals surface area contributed by atoms with Crippen molar-refractivity contribution in [3.05, 3.63) is 27.8 Å². The molecule has 0 unspecified atom stereocenters. The van der Waals surface area contributed by atoms with E-state index in [2.05, 4.69) is 5.32 Å². The van der Waals surface area contributed by atoms with Crippen molar-refractivity contribution in [2.45, 2.75) is 39.0 Å². The summed E-state index contributed by atoms with van der Waals surface area (Å²) in [6.45, 7) is 1.62. The quantitative estimate of drug-likeness (QED) is 0.666. The highest BCUT2D eigenvalue weighted by Gasteiger charge is 2.22. The zero-order valence-electron chi connectivity index (χ0n) is 12.3. The molecule has 0 atom stereocenters. The van der Waals surface area contributed by atoms with Gasteiger partial charge in [-0.3, -0.25) is 14.9 Å². The van der Waals surface area contributed by atoms with Gasteiger partial charge in [-0.25, -0.2) is 0 Å². The molecule has 1 aliphatic rings. The maximum absolute atomic E-state index is 12.1. The summed E-state index contributed by atoms with van der Waals surface area (Å²) in [5.41, 5.74) is 0.792. The van der Waals surface area contributed by atoms with E-state index in [9.17, 15) is 14.9 Å². The van der Waals surface area contributed by atoms with Gasteiger partial charge in [0.05, 0.1) is 23.3 Å². The van der Waals surface area contributed by atoms with E-state index < -0.39 is 4.92 Å². The lowest BCUT2D eigenvalue weighted by atomic mass is 10.0. The normalized spacial score (nSPS) is 15.0. The van der Waals surface area contributed by atoms with Gasteiger partial charge in [0.25, 0.3) is 5.69 Å². The number of amides is 1. The highest BCUT2D eigenvalue weighted by Crippen LogP contribution is 2.35. The number of carbonyl (C=O) groups excluding carboxylic acids is 1. The molecule has 0 aliphatic heterocycles. The van der Waals surface area contributed by atoms with Crippen molar-refractivity contribution in [2.75, 3.05) is 12.4 Å². The first-order chi connectivity index (χ1) is 10.0. The molecule has 21 heavy (non-hydrogen) atoms. The van der Waals surface area contributed by atoms with Crippen LogP contribution < -0.4 is 10.1 Å². The first-order valence-corrected chi connectivity index (χ1v) is 7.14. The molecule has 1 aliphatic carbocycles. The van der Waals surface area contributed by atoms with Crippen LogP contribution in [0.3, 0.4) is 0 Å². The third-order valence-electron chi connectivity index (χ3n) is 4.03. The number of nitro benzene ring substituents is 1. The van der Waals surface area contributed by atoms with E-state index in [0.29, 0.717) is 29.3 Å². The van der Waals surface area contributed by atoms with Gasteiger partial charge in [-0.15, -0.1) is 0 Å². The molecular weight excluding hydrogens is 272 g/mol. The highest BCUT2D eigenvalue weighted by atomic mass is 16.6. The number of rotatable bonds is 5. The number of ether oxygens (including phenoxy) is 1. The van der Waals surface area contributed by atoms with Crippen molar-refractivity contribution in [3.8, 4) is 5.75 Å². The van der Waals surface area contributed by atoms with Crippen LogP contribution in [0, 0.1) is 23.0 Å². The third-order valence-corrected chi connectivity index (χ3v) is 4.03. The topological polar surface area (TPSA) is 81.5 Å². The lowest BCUT2D eigenvalue weighted by Gasteiger charge is -2.14. The standard InChI is InChI=1S/C15H20N2O4/c1-10-12(17(19)20)7-8-13(21-2)15(10)16-14(18)9-11-5-3-4-6-11/h7-8,11H,3-6,9H2,1-2H3,(H,16,18). The molecular formula is C15H20N2O4. The fourth-order valence-electron chi connectivity index (χ4n) is 2.87. The van der Waals surface area contributed by atoms with Crippen LogP contribution in [0.1, 0.15) is 37.7 Å². The van der Waals surface area contributed by atoms with Gasteiger partial charge < -0.3 is 10.1 Å². The Morgan fingerprint density at radius 3 is 2.67 bits per heavy atom. The molecule has 0 saturated heterocycles. The fourth-order valence-corrected chi connectivity index (χ4v) is 2.87. The van der Waals surface area contributed by atoms with E-state index >= 15 is 0 Å². The lowest BCUT2D eigenvalue weighted by Crippen LogP contribution is -2.16. The Kier molecular flexibility index (Phi) is 4.77. The smallest absolute Gasteiger partial charge is 0.274 e. The van der Waals surface area contributed by atoms with Crippen molar-refractivity contribution in [1.29, 1.82) is 0 Å². The molecule has 1 saturated carbocycles. The zero-order chi connectivity index (χ0) is 15.4. The van der Waals surface area contributed by atoms with Gasteiger partial charge >= 0.3 is 0 Å². The van der Waals surface area contributed by atoms with Gasteiger partial charge in [0.2, 0.25) is 5.91 Å². The molecule has 0 heterocycles. The zero-order valence-corrected chi connectivity index (χ0v) is 12.3. The molecule has 6 heteroatoms. The minimum atomic E-state index is -0.457. The summed E-state index contributed by atoms with van der Waals surface area (Å²) < 4.78 is 5.19. The molecule has 0 aromatic heterocycles. The summed E-state index contributed by atoms with van der Waals surface area (Å²) in [7, 11) is 1.48. The Morgan fingerprint density at radius 2 is 2.10 bits per heavy atom. The van der Waals surface area contributed by atoms with E-state index in [4.69, 9.17) is 4.74 Å². The molecule has 1 fully saturated rings. The largest absolute Gasteiger partial charge is 0.495 e. The molecule has 6 nitrogen and oxygen atoms in total. The Bertz CT molecular complexity index is 551. The third kappa shape index (κ3) is 3.51. The van der Waals surface area contributed by atoms with Crippen molar-refractivity contribution in [1.82, 2.24) is 0 Å². The maximum atomic E-state index is 12.1. The number of nitrogens with one attached hydrogen (secondary N) is 1. The van der Waals surface area contributed by atoms with Crippen LogP contribution in [0.5, 0.6) is 5.75 Å². The van der Waals surface area contributed by atoms with Gasteiger partial charge in [0.15, 0.2) is 0 Å². The number of hydrogen-bond donors (Lipinski definition) is 1. The Labute approximate surface area is 123 Å². The number of methoxy groups -OCH3 is 1. The predicted molar refractivity (Wildman–Crippen MR) is 79.6 cm³/mol. The summed E-state index contributed by atoms with van der Waals surface area (Å²) in [5.74, 6) is 0.761. The van der Waals surface area contributed by atoms with Crippen LogP contribution in [0.4, 0.5) is 11.4 Å². The molecule has 114 valence electrons. The molecule has 2 rings (SSSR count). The second kappa shape index (κ2) is 6.56. The average molecular weight is 292 g/mol. The van der Waals surface area contributed by atoms with Crippen LogP contribution >= 0.6 is 0 Å². The van der Waals surface area contributed by atoms with Gasteiger partial charge in [-0.1, -0.05) is 12.8 Å². The van der Waals surface area contributed by atoms with Gasteiger partial charge in [-0.2, -0.15) is 0 Å². The van der Waals surface area contributed by atoms with Gasteiger partial charge in [0.1, 0.15) is 5.75 Å². The van der Waals surface area contributed by atoms with Crippen LogP contribution in [0.15, 0.2) is 12.1 Å². The van der Waals surface area contributed by atoms with Crippen molar-refractivity contribution < 1.29 is 14.5 Å². The van der Waals surface area contributed by atoms with Crippen molar-refractivity contribution in [2.24, 2.45) is 5.92 Å². The summed E-state index contributed by atoms with van der Waals surface area (Å²) in [4.78, 5) is 22.7. The van der Waals surface area contributed by atoms with Crippen molar-refractivity contribution in [3.63, 3.8) is 0 Å². The number of benzene rings is 1. The fraction of sp³-hybridized carbons (Fsp3) is 0.533. The van der Waals surface area contributed by atoms with Crippen LogP contribution in [-0.4, -0.2) is 17.9 Å². The Balaban J connectivity index is 2.18. The number of anilines is 1.